The van der Waals surface area contributed by atoms with E-state index in [4.69, 9.17) is 13.9 Å². The van der Waals surface area contributed by atoms with Crippen LogP contribution in [0, 0.1) is 0 Å². The van der Waals surface area contributed by atoms with Crippen molar-refractivity contribution in [1.82, 2.24) is 0 Å². The van der Waals surface area contributed by atoms with Crippen LogP contribution >= 0.6 is 0 Å². The van der Waals surface area contributed by atoms with Crippen molar-refractivity contribution in [3.05, 3.63) is 65.9 Å². The normalized spacial score (nSPS) is 11.9. The molecule has 0 fully saturated rings. The molecule has 1 aromatic heterocycles. The summed E-state index contributed by atoms with van der Waals surface area (Å²) in [5, 5.41) is 3.47. The molecule has 0 bridgehead atoms. The minimum atomic E-state index is -0.980. The number of esters is 1. The van der Waals surface area contributed by atoms with Crippen molar-refractivity contribution in [2.24, 2.45) is 0 Å². The summed E-state index contributed by atoms with van der Waals surface area (Å²) in [6.45, 7) is 1.71. The highest BCUT2D eigenvalue weighted by molar-refractivity contribution is 5.99. The molecule has 0 aliphatic heterocycles. The van der Waals surface area contributed by atoms with Crippen LogP contribution < -0.4 is 5.32 Å². The summed E-state index contributed by atoms with van der Waals surface area (Å²) in [5.41, 5.74) is 1.79. The van der Waals surface area contributed by atoms with E-state index in [1.165, 1.54) is 14.0 Å². The molecule has 0 spiro atoms. The van der Waals surface area contributed by atoms with Gasteiger partial charge in [-0.3, -0.25) is 4.79 Å². The number of methoxy groups -OCH3 is 1. The molecule has 6 nitrogen and oxygen atoms in total. The number of carbonyl (C=O) groups excluding carboxylic acids is 2. The van der Waals surface area contributed by atoms with E-state index in [0.717, 1.165) is 5.39 Å². The Morgan fingerprint density at radius 2 is 1.77 bits per heavy atom. The van der Waals surface area contributed by atoms with Crippen LogP contribution in [0.4, 0.5) is 5.69 Å². The van der Waals surface area contributed by atoms with E-state index in [2.05, 4.69) is 5.32 Å². The van der Waals surface area contributed by atoms with Crippen LogP contribution in [-0.4, -0.2) is 25.1 Å². The number of anilines is 1. The Morgan fingerprint density at radius 3 is 2.50 bits per heavy atom. The molecular formula is C20H19NO5. The van der Waals surface area contributed by atoms with Gasteiger partial charge >= 0.3 is 5.97 Å². The molecule has 0 aliphatic carbocycles. The van der Waals surface area contributed by atoms with E-state index in [9.17, 15) is 9.59 Å². The molecule has 0 aliphatic rings. The zero-order chi connectivity index (χ0) is 18.5. The molecule has 1 N–H and O–H groups in total. The molecule has 0 radical (unpaired) electrons. The molecule has 1 atom stereocenters. The van der Waals surface area contributed by atoms with Crippen LogP contribution in [0.15, 0.2) is 59.0 Å². The summed E-state index contributed by atoms with van der Waals surface area (Å²) in [6, 6.07) is 16.2. The van der Waals surface area contributed by atoms with E-state index in [0.29, 0.717) is 16.8 Å². The van der Waals surface area contributed by atoms with Gasteiger partial charge in [0.1, 0.15) is 5.58 Å². The number of furan rings is 1. The lowest BCUT2D eigenvalue weighted by molar-refractivity contribution is -0.123. The van der Waals surface area contributed by atoms with Gasteiger partial charge in [-0.15, -0.1) is 0 Å². The van der Waals surface area contributed by atoms with Crippen molar-refractivity contribution in [2.75, 3.05) is 12.4 Å². The Morgan fingerprint density at radius 1 is 1.08 bits per heavy atom. The third-order valence-corrected chi connectivity index (χ3v) is 3.87. The minimum absolute atomic E-state index is 0.0485. The molecule has 0 unspecified atom stereocenters. The molecule has 6 heteroatoms. The Labute approximate surface area is 150 Å². The molecule has 26 heavy (non-hydrogen) atoms. The molecule has 2 aromatic carbocycles. The van der Waals surface area contributed by atoms with Crippen LogP contribution in [0.5, 0.6) is 0 Å². The number of benzene rings is 2. The van der Waals surface area contributed by atoms with Gasteiger partial charge in [0, 0.05) is 23.7 Å². The average molecular weight is 353 g/mol. The highest BCUT2D eigenvalue weighted by atomic mass is 16.6. The van der Waals surface area contributed by atoms with Crippen molar-refractivity contribution in [2.45, 2.75) is 19.6 Å². The largest absolute Gasteiger partial charge is 0.449 e. The Kier molecular flexibility index (Phi) is 5.34. The van der Waals surface area contributed by atoms with Gasteiger partial charge in [0.15, 0.2) is 6.10 Å². The first-order valence-corrected chi connectivity index (χ1v) is 8.16. The Hall–Kier alpha value is -3.12. The van der Waals surface area contributed by atoms with Crippen molar-refractivity contribution < 1.29 is 23.5 Å². The number of carbonyl (C=O) groups is 2. The maximum absolute atomic E-state index is 12.5. The predicted octanol–water partition coefficient (Wildman–Crippen LogP) is 3.76. The summed E-state index contributed by atoms with van der Waals surface area (Å²) in [5.74, 6) is -1.08. The SMILES string of the molecule is COCc1c(C(=O)O[C@@H](C)C(=O)Nc2ccccc2)oc2ccccc12. The first-order chi connectivity index (χ1) is 12.6. The van der Waals surface area contributed by atoms with Gasteiger partial charge in [-0.25, -0.2) is 4.79 Å². The molecule has 3 rings (SSSR count). The number of nitrogens with one attached hydrogen (secondary N) is 1. The van der Waals surface area contributed by atoms with Gasteiger partial charge < -0.3 is 19.2 Å². The monoisotopic (exact) mass is 353 g/mol. The third-order valence-electron chi connectivity index (χ3n) is 3.87. The molecule has 1 amide bonds. The van der Waals surface area contributed by atoms with E-state index in [-0.39, 0.29) is 12.4 Å². The second kappa shape index (κ2) is 7.84. The fourth-order valence-electron chi connectivity index (χ4n) is 2.58. The lowest BCUT2D eigenvalue weighted by Crippen LogP contribution is -2.30. The van der Waals surface area contributed by atoms with Crippen LogP contribution in [0.3, 0.4) is 0 Å². The van der Waals surface area contributed by atoms with Crippen molar-refractivity contribution >= 4 is 28.5 Å². The van der Waals surface area contributed by atoms with Crippen LogP contribution in [0.2, 0.25) is 0 Å². The first-order valence-electron chi connectivity index (χ1n) is 8.16. The fraction of sp³-hybridized carbons (Fsp3) is 0.200. The summed E-state index contributed by atoms with van der Waals surface area (Å²) >= 11 is 0. The average Bonchev–Trinajstić information content (AvgIpc) is 3.02. The van der Waals surface area contributed by atoms with Gasteiger partial charge in [-0.2, -0.15) is 0 Å². The summed E-state index contributed by atoms with van der Waals surface area (Å²) in [7, 11) is 1.53. The maximum Gasteiger partial charge on any atom is 0.375 e. The number of ether oxygens (including phenoxy) is 2. The summed E-state index contributed by atoms with van der Waals surface area (Å²) in [6.07, 6.45) is -0.980. The highest BCUT2D eigenvalue weighted by Gasteiger charge is 2.25. The maximum atomic E-state index is 12.5. The van der Waals surface area contributed by atoms with Gasteiger partial charge in [0.2, 0.25) is 5.76 Å². The molecule has 3 aromatic rings. The van der Waals surface area contributed by atoms with Crippen LogP contribution in [-0.2, 0) is 20.9 Å². The molecular weight excluding hydrogens is 334 g/mol. The van der Waals surface area contributed by atoms with Crippen molar-refractivity contribution in [3.8, 4) is 0 Å². The molecule has 0 saturated heterocycles. The van der Waals surface area contributed by atoms with Crippen LogP contribution in [0.25, 0.3) is 11.0 Å². The number of amides is 1. The number of rotatable bonds is 6. The fourth-order valence-corrected chi connectivity index (χ4v) is 2.58. The predicted molar refractivity (Wildman–Crippen MR) is 96.9 cm³/mol. The smallest absolute Gasteiger partial charge is 0.375 e. The number of fused-ring (bicyclic) bond motifs is 1. The van der Waals surface area contributed by atoms with Gasteiger partial charge in [-0.05, 0) is 25.1 Å². The number of hydrogen-bond acceptors (Lipinski definition) is 5. The topological polar surface area (TPSA) is 77.8 Å². The van der Waals surface area contributed by atoms with E-state index in [1.807, 2.05) is 24.3 Å². The lowest BCUT2D eigenvalue weighted by atomic mass is 10.1. The van der Waals surface area contributed by atoms with Gasteiger partial charge in [-0.1, -0.05) is 36.4 Å². The Balaban J connectivity index is 1.76. The van der Waals surface area contributed by atoms with Crippen molar-refractivity contribution in [3.63, 3.8) is 0 Å². The quantitative estimate of drug-likeness (QED) is 0.683. The second-order valence-corrected chi connectivity index (χ2v) is 5.74. The second-order valence-electron chi connectivity index (χ2n) is 5.74. The number of para-hydroxylation sites is 2. The third kappa shape index (κ3) is 3.75. The zero-order valence-corrected chi connectivity index (χ0v) is 14.5. The standard InChI is InChI=1S/C20H19NO5/c1-13(19(22)21-14-8-4-3-5-9-14)25-20(23)18-16(12-24-2)15-10-6-7-11-17(15)26-18/h3-11,13H,12H2,1-2H3,(H,21,22)/t13-/m0/s1. The molecule has 1 heterocycles. The first kappa shape index (κ1) is 17.7. The molecule has 0 saturated carbocycles. The summed E-state index contributed by atoms with van der Waals surface area (Å²) < 4.78 is 16.1. The minimum Gasteiger partial charge on any atom is -0.449 e. The number of hydrogen-bond donors (Lipinski definition) is 1. The Bertz CT molecular complexity index is 916. The van der Waals surface area contributed by atoms with E-state index in [1.54, 1.807) is 30.3 Å². The zero-order valence-electron chi connectivity index (χ0n) is 14.5. The van der Waals surface area contributed by atoms with Crippen LogP contribution in [0.1, 0.15) is 23.0 Å². The van der Waals surface area contributed by atoms with E-state index < -0.39 is 18.0 Å². The molecule has 134 valence electrons. The van der Waals surface area contributed by atoms with E-state index >= 15 is 0 Å². The lowest BCUT2D eigenvalue weighted by Gasteiger charge is -2.13. The summed E-state index contributed by atoms with van der Waals surface area (Å²) in [4.78, 5) is 24.7. The highest BCUT2D eigenvalue weighted by Crippen LogP contribution is 2.27. The van der Waals surface area contributed by atoms with Gasteiger partial charge in [0.05, 0.1) is 6.61 Å². The van der Waals surface area contributed by atoms with Crippen molar-refractivity contribution in [1.29, 1.82) is 0 Å². The van der Waals surface area contributed by atoms with Gasteiger partial charge in [0.25, 0.3) is 5.91 Å².